The zero-order chi connectivity index (χ0) is 15.1. The third-order valence-electron chi connectivity index (χ3n) is 5.48. The number of hydrogen-bond acceptors (Lipinski definition) is 5. The van der Waals surface area contributed by atoms with Gasteiger partial charge in [-0.2, -0.15) is 5.26 Å². The molecule has 2 saturated heterocycles. The Labute approximate surface area is 131 Å². The van der Waals surface area contributed by atoms with Gasteiger partial charge in [0.2, 0.25) is 0 Å². The highest BCUT2D eigenvalue weighted by molar-refractivity contribution is 5.55. The third kappa shape index (κ3) is 2.42. The van der Waals surface area contributed by atoms with Crippen LogP contribution < -0.4 is 10.6 Å². The van der Waals surface area contributed by atoms with Gasteiger partial charge in [-0.15, -0.1) is 0 Å². The van der Waals surface area contributed by atoms with Gasteiger partial charge in [0.25, 0.3) is 0 Å². The smallest absolute Gasteiger partial charge is 0.143 e. The average molecular weight is 297 g/mol. The van der Waals surface area contributed by atoms with Crippen molar-refractivity contribution in [3.05, 3.63) is 17.7 Å². The number of anilines is 2. The van der Waals surface area contributed by atoms with E-state index in [1.807, 2.05) is 6.07 Å². The second-order valence-electron chi connectivity index (χ2n) is 6.89. The molecule has 3 aliphatic rings. The number of fused-ring (bicyclic) bond motifs is 1. The van der Waals surface area contributed by atoms with Crippen molar-refractivity contribution in [2.75, 3.05) is 30.3 Å². The molecule has 5 nitrogen and oxygen atoms in total. The number of pyridine rings is 1. The highest BCUT2D eigenvalue weighted by Crippen LogP contribution is 2.39. The molecule has 4 rings (SSSR count). The summed E-state index contributed by atoms with van der Waals surface area (Å²) < 4.78 is 0. The van der Waals surface area contributed by atoms with E-state index in [9.17, 15) is 0 Å². The highest BCUT2D eigenvalue weighted by Gasteiger charge is 2.42. The van der Waals surface area contributed by atoms with Crippen LogP contribution in [-0.4, -0.2) is 41.6 Å². The zero-order valence-corrected chi connectivity index (χ0v) is 12.9. The number of nitrogens with zero attached hydrogens (tertiary/aromatic N) is 4. The first kappa shape index (κ1) is 13.8. The number of piperidine rings is 2. The van der Waals surface area contributed by atoms with Crippen LogP contribution >= 0.6 is 0 Å². The summed E-state index contributed by atoms with van der Waals surface area (Å²) in [6.45, 7) is 3.42. The molecule has 2 aliphatic heterocycles. The Hall–Kier alpha value is -1.80. The molecule has 2 N–H and O–H groups in total. The van der Waals surface area contributed by atoms with E-state index in [1.165, 1.54) is 38.6 Å². The van der Waals surface area contributed by atoms with Crippen molar-refractivity contribution >= 4 is 11.6 Å². The van der Waals surface area contributed by atoms with E-state index in [2.05, 4.69) is 20.9 Å². The fourth-order valence-corrected chi connectivity index (χ4v) is 4.24. The molecule has 116 valence electrons. The number of rotatable bonds is 2. The fraction of sp³-hybridized carbons (Fsp3) is 0.647. The van der Waals surface area contributed by atoms with Crippen LogP contribution in [0.1, 0.15) is 37.7 Å². The van der Waals surface area contributed by atoms with Crippen LogP contribution in [0, 0.1) is 17.2 Å². The predicted octanol–water partition coefficient (Wildman–Crippen LogP) is 1.99. The van der Waals surface area contributed by atoms with Crippen LogP contribution in [-0.2, 0) is 0 Å². The Morgan fingerprint density at radius 3 is 2.77 bits per heavy atom. The summed E-state index contributed by atoms with van der Waals surface area (Å²) in [7, 11) is 0. The van der Waals surface area contributed by atoms with Crippen LogP contribution in [0.3, 0.4) is 0 Å². The lowest BCUT2D eigenvalue weighted by atomic mass is 9.83. The van der Waals surface area contributed by atoms with Crippen molar-refractivity contribution in [1.82, 2.24) is 9.88 Å². The van der Waals surface area contributed by atoms with Crippen LogP contribution in [0.25, 0.3) is 0 Å². The number of hydrogen-bond donors (Lipinski definition) is 1. The standard InChI is InChI=1S/C17H23N5/c18-10-12-3-6-16(20-17(12)19)21-9-7-15-13(11-21)2-1-8-22(15)14-4-5-14/h3,6,13-15H,1-2,4-5,7-9,11H2,(H2,19,20). The van der Waals surface area contributed by atoms with E-state index >= 15 is 0 Å². The number of nitriles is 1. The first-order chi connectivity index (χ1) is 10.8. The molecule has 3 fully saturated rings. The molecule has 0 radical (unpaired) electrons. The van der Waals surface area contributed by atoms with Crippen LogP contribution in [0.2, 0.25) is 0 Å². The summed E-state index contributed by atoms with van der Waals surface area (Å²) in [5, 5.41) is 8.97. The quantitative estimate of drug-likeness (QED) is 0.904. The monoisotopic (exact) mass is 297 g/mol. The number of nitrogen functional groups attached to an aromatic ring is 1. The molecule has 1 aliphatic carbocycles. The summed E-state index contributed by atoms with van der Waals surface area (Å²) in [5.41, 5.74) is 6.34. The minimum absolute atomic E-state index is 0.352. The molecular weight excluding hydrogens is 274 g/mol. The Balaban J connectivity index is 1.50. The van der Waals surface area contributed by atoms with Crippen LogP contribution in [0.5, 0.6) is 0 Å². The van der Waals surface area contributed by atoms with Gasteiger partial charge in [-0.1, -0.05) is 0 Å². The summed E-state index contributed by atoms with van der Waals surface area (Å²) in [5.74, 6) is 2.03. The normalized spacial score (nSPS) is 29.0. The van der Waals surface area contributed by atoms with Gasteiger partial charge in [-0.3, -0.25) is 4.90 Å². The molecule has 1 saturated carbocycles. The maximum atomic E-state index is 8.97. The van der Waals surface area contributed by atoms with Gasteiger partial charge in [0, 0.05) is 25.2 Å². The summed E-state index contributed by atoms with van der Waals surface area (Å²) in [4.78, 5) is 9.58. The summed E-state index contributed by atoms with van der Waals surface area (Å²) in [6, 6.07) is 7.47. The van der Waals surface area contributed by atoms with E-state index in [1.54, 1.807) is 6.07 Å². The van der Waals surface area contributed by atoms with Gasteiger partial charge >= 0.3 is 0 Å². The van der Waals surface area contributed by atoms with E-state index in [4.69, 9.17) is 11.0 Å². The molecule has 1 aromatic rings. The van der Waals surface area contributed by atoms with Crippen molar-refractivity contribution in [2.45, 2.75) is 44.2 Å². The van der Waals surface area contributed by atoms with Crippen molar-refractivity contribution in [2.24, 2.45) is 5.92 Å². The fourth-order valence-electron chi connectivity index (χ4n) is 4.24. The van der Waals surface area contributed by atoms with Gasteiger partial charge in [-0.25, -0.2) is 4.98 Å². The summed E-state index contributed by atoms with van der Waals surface area (Å²) in [6.07, 6.45) is 6.69. The van der Waals surface area contributed by atoms with Crippen molar-refractivity contribution in [3.63, 3.8) is 0 Å². The maximum absolute atomic E-state index is 8.97. The number of nitrogens with two attached hydrogens (primary N) is 1. The number of likely N-dealkylation sites (tertiary alicyclic amines) is 1. The molecule has 0 aromatic carbocycles. The van der Waals surface area contributed by atoms with Crippen molar-refractivity contribution in [1.29, 1.82) is 5.26 Å². The largest absolute Gasteiger partial charge is 0.383 e. The lowest BCUT2D eigenvalue weighted by molar-refractivity contribution is 0.0696. The van der Waals surface area contributed by atoms with Crippen LogP contribution in [0.15, 0.2) is 12.1 Å². The highest BCUT2D eigenvalue weighted by atomic mass is 15.3. The molecule has 2 unspecified atom stereocenters. The van der Waals surface area contributed by atoms with Gasteiger partial charge < -0.3 is 10.6 Å². The Morgan fingerprint density at radius 1 is 1.18 bits per heavy atom. The molecule has 22 heavy (non-hydrogen) atoms. The molecule has 0 bridgehead atoms. The second kappa shape index (κ2) is 5.44. The molecule has 5 heteroatoms. The first-order valence-corrected chi connectivity index (χ1v) is 8.43. The summed E-state index contributed by atoms with van der Waals surface area (Å²) >= 11 is 0. The van der Waals surface area contributed by atoms with E-state index in [0.717, 1.165) is 36.9 Å². The van der Waals surface area contributed by atoms with Gasteiger partial charge in [0.1, 0.15) is 17.7 Å². The van der Waals surface area contributed by atoms with Crippen LogP contribution in [0.4, 0.5) is 11.6 Å². The third-order valence-corrected chi connectivity index (χ3v) is 5.48. The first-order valence-electron chi connectivity index (χ1n) is 8.43. The second-order valence-corrected chi connectivity index (χ2v) is 6.89. The molecule has 0 amide bonds. The Bertz CT molecular complexity index is 604. The van der Waals surface area contributed by atoms with Crippen molar-refractivity contribution < 1.29 is 0 Å². The predicted molar refractivity (Wildman–Crippen MR) is 86.4 cm³/mol. The lowest BCUT2D eigenvalue weighted by Gasteiger charge is -2.48. The molecule has 3 heterocycles. The molecule has 2 atom stereocenters. The van der Waals surface area contributed by atoms with E-state index < -0.39 is 0 Å². The van der Waals surface area contributed by atoms with E-state index in [0.29, 0.717) is 11.4 Å². The lowest BCUT2D eigenvalue weighted by Crippen LogP contribution is -2.54. The molecular formula is C17H23N5. The van der Waals surface area contributed by atoms with Gasteiger partial charge in [0.15, 0.2) is 0 Å². The van der Waals surface area contributed by atoms with Gasteiger partial charge in [0.05, 0.1) is 5.56 Å². The van der Waals surface area contributed by atoms with Crippen molar-refractivity contribution in [3.8, 4) is 6.07 Å². The minimum Gasteiger partial charge on any atom is -0.383 e. The minimum atomic E-state index is 0.352. The van der Waals surface area contributed by atoms with E-state index in [-0.39, 0.29) is 0 Å². The molecule has 1 aromatic heterocycles. The zero-order valence-electron chi connectivity index (χ0n) is 12.9. The maximum Gasteiger partial charge on any atom is 0.143 e. The number of aromatic nitrogens is 1. The topological polar surface area (TPSA) is 69.2 Å². The SMILES string of the molecule is N#Cc1ccc(N2CCC3C(CCCN3C3CC3)C2)nc1N. The average Bonchev–Trinajstić information content (AvgIpc) is 3.38. The Morgan fingerprint density at radius 2 is 2.05 bits per heavy atom. The molecule has 0 spiro atoms. The Kier molecular flexibility index (Phi) is 3.42. The van der Waals surface area contributed by atoms with Gasteiger partial charge in [-0.05, 0) is 56.7 Å².